The molecule has 0 aromatic heterocycles. The molecule has 1 heterocycles. The summed E-state index contributed by atoms with van der Waals surface area (Å²) < 4.78 is 16.1. The molecule has 0 unspecified atom stereocenters. The molecule has 2 amide bonds. The van der Waals surface area contributed by atoms with Gasteiger partial charge in [0, 0.05) is 37.8 Å². The van der Waals surface area contributed by atoms with Crippen LogP contribution in [0, 0.1) is 6.92 Å². The highest BCUT2D eigenvalue weighted by Gasteiger charge is 2.26. The molecule has 4 rings (SSSR count). The van der Waals surface area contributed by atoms with Gasteiger partial charge in [0.2, 0.25) is 11.7 Å². The molecule has 0 spiro atoms. The summed E-state index contributed by atoms with van der Waals surface area (Å²) in [5.74, 6) is 0.922. The van der Waals surface area contributed by atoms with Gasteiger partial charge >= 0.3 is 0 Å². The SMILES string of the molecule is COc1cc(C(=O)N2CCN(C(=O)/C=C(/c3cccc(C)c3)c3ccc(Cl)c(Cl)c3)CC2)cc(OC)c1OC. The van der Waals surface area contributed by atoms with Crippen LogP contribution >= 0.6 is 23.2 Å². The Hall–Kier alpha value is -3.68. The van der Waals surface area contributed by atoms with E-state index in [1.54, 1.807) is 40.1 Å². The number of carbonyl (C=O) groups is 2. The largest absolute Gasteiger partial charge is 0.493 e. The van der Waals surface area contributed by atoms with Gasteiger partial charge in [0.15, 0.2) is 11.5 Å². The lowest BCUT2D eigenvalue weighted by Gasteiger charge is -2.34. The van der Waals surface area contributed by atoms with E-state index in [1.165, 1.54) is 21.3 Å². The number of rotatable bonds is 7. The topological polar surface area (TPSA) is 68.3 Å². The van der Waals surface area contributed by atoms with Crippen LogP contribution in [-0.4, -0.2) is 69.1 Å². The second-order valence-corrected chi connectivity index (χ2v) is 9.90. The number of piperazine rings is 1. The Morgan fingerprint density at radius 1 is 0.744 bits per heavy atom. The molecular formula is C30H30Cl2N2O5. The fourth-order valence-corrected chi connectivity index (χ4v) is 4.84. The van der Waals surface area contributed by atoms with Crippen molar-refractivity contribution >= 4 is 40.6 Å². The van der Waals surface area contributed by atoms with E-state index in [-0.39, 0.29) is 11.8 Å². The van der Waals surface area contributed by atoms with Crippen molar-refractivity contribution in [1.29, 1.82) is 0 Å². The number of hydrogen-bond donors (Lipinski definition) is 0. The Bertz CT molecular complexity index is 1390. The fraction of sp³-hybridized carbons (Fsp3) is 0.267. The zero-order chi connectivity index (χ0) is 28.1. The minimum Gasteiger partial charge on any atom is -0.493 e. The maximum atomic E-state index is 13.4. The van der Waals surface area contributed by atoms with E-state index in [0.29, 0.717) is 59.0 Å². The van der Waals surface area contributed by atoms with Crippen molar-refractivity contribution in [2.24, 2.45) is 0 Å². The van der Waals surface area contributed by atoms with Crippen LogP contribution in [0.3, 0.4) is 0 Å². The summed E-state index contributed by atoms with van der Waals surface area (Å²) in [5.41, 5.74) is 3.94. The van der Waals surface area contributed by atoms with Crippen LogP contribution in [0.15, 0.2) is 60.7 Å². The van der Waals surface area contributed by atoms with Crippen LogP contribution in [0.25, 0.3) is 5.57 Å². The van der Waals surface area contributed by atoms with Gasteiger partial charge in [-0.2, -0.15) is 0 Å². The lowest BCUT2D eigenvalue weighted by Crippen LogP contribution is -2.50. The molecule has 1 fully saturated rings. The average molecular weight is 569 g/mol. The number of nitrogens with zero attached hydrogens (tertiary/aromatic N) is 2. The Kier molecular flexibility index (Phi) is 9.04. The number of carbonyl (C=O) groups excluding carboxylic acids is 2. The van der Waals surface area contributed by atoms with E-state index in [9.17, 15) is 9.59 Å². The normalized spacial score (nSPS) is 13.7. The second-order valence-electron chi connectivity index (χ2n) is 9.09. The van der Waals surface area contributed by atoms with Crippen LogP contribution in [0.1, 0.15) is 27.0 Å². The van der Waals surface area contributed by atoms with E-state index in [0.717, 1.165) is 22.3 Å². The number of hydrogen-bond acceptors (Lipinski definition) is 5. The number of methoxy groups -OCH3 is 3. The van der Waals surface area contributed by atoms with Gasteiger partial charge in [0.25, 0.3) is 5.91 Å². The van der Waals surface area contributed by atoms with Crippen molar-refractivity contribution in [2.75, 3.05) is 47.5 Å². The quantitative estimate of drug-likeness (QED) is 0.340. The van der Waals surface area contributed by atoms with Gasteiger partial charge in [-0.1, -0.05) is 59.1 Å². The summed E-state index contributed by atoms with van der Waals surface area (Å²) in [7, 11) is 4.53. The van der Waals surface area contributed by atoms with Gasteiger partial charge in [0.05, 0.1) is 31.4 Å². The maximum absolute atomic E-state index is 13.4. The predicted octanol–water partition coefficient (Wildman–Crippen LogP) is 5.74. The zero-order valence-corrected chi connectivity index (χ0v) is 23.8. The molecule has 0 saturated carbocycles. The van der Waals surface area contributed by atoms with Gasteiger partial charge in [-0.25, -0.2) is 0 Å². The first-order chi connectivity index (χ1) is 18.7. The van der Waals surface area contributed by atoms with E-state index >= 15 is 0 Å². The molecule has 39 heavy (non-hydrogen) atoms. The third kappa shape index (κ3) is 6.32. The van der Waals surface area contributed by atoms with Gasteiger partial charge in [-0.05, 0) is 47.9 Å². The van der Waals surface area contributed by atoms with Crippen molar-refractivity contribution in [3.8, 4) is 17.2 Å². The summed E-state index contributed by atoms with van der Waals surface area (Å²) in [4.78, 5) is 30.2. The Morgan fingerprint density at radius 3 is 1.92 bits per heavy atom. The van der Waals surface area contributed by atoms with E-state index in [1.807, 2.05) is 37.3 Å². The molecule has 0 N–H and O–H groups in total. The third-order valence-electron chi connectivity index (χ3n) is 6.62. The highest BCUT2D eigenvalue weighted by Crippen LogP contribution is 2.38. The second kappa shape index (κ2) is 12.5. The molecule has 204 valence electrons. The molecule has 3 aromatic carbocycles. The molecule has 0 atom stereocenters. The Morgan fingerprint density at radius 2 is 1.36 bits per heavy atom. The van der Waals surface area contributed by atoms with Crippen LogP contribution in [0.2, 0.25) is 10.0 Å². The van der Waals surface area contributed by atoms with E-state index in [4.69, 9.17) is 37.4 Å². The summed E-state index contributed by atoms with van der Waals surface area (Å²) >= 11 is 12.4. The van der Waals surface area contributed by atoms with E-state index < -0.39 is 0 Å². The molecule has 1 aliphatic heterocycles. The Labute approximate surface area is 238 Å². The molecule has 7 nitrogen and oxygen atoms in total. The highest BCUT2D eigenvalue weighted by atomic mass is 35.5. The van der Waals surface area contributed by atoms with Crippen LogP contribution in [-0.2, 0) is 4.79 Å². The first-order valence-corrected chi connectivity index (χ1v) is 13.1. The highest BCUT2D eigenvalue weighted by molar-refractivity contribution is 6.42. The molecular weight excluding hydrogens is 539 g/mol. The first kappa shape index (κ1) is 28.3. The molecule has 1 saturated heterocycles. The number of ether oxygens (including phenoxy) is 3. The predicted molar refractivity (Wildman–Crippen MR) is 153 cm³/mol. The molecule has 1 aliphatic rings. The van der Waals surface area contributed by atoms with Crippen LogP contribution in [0.5, 0.6) is 17.2 Å². The number of aryl methyl sites for hydroxylation is 1. The van der Waals surface area contributed by atoms with Crippen molar-refractivity contribution in [1.82, 2.24) is 9.80 Å². The number of amides is 2. The van der Waals surface area contributed by atoms with Crippen molar-refractivity contribution in [2.45, 2.75) is 6.92 Å². The smallest absolute Gasteiger partial charge is 0.254 e. The van der Waals surface area contributed by atoms with Gasteiger partial charge in [-0.15, -0.1) is 0 Å². The summed E-state index contributed by atoms with van der Waals surface area (Å²) in [6, 6.07) is 16.5. The van der Waals surface area contributed by atoms with Gasteiger partial charge < -0.3 is 24.0 Å². The monoisotopic (exact) mass is 568 g/mol. The lowest BCUT2D eigenvalue weighted by molar-refractivity contribution is -0.127. The third-order valence-corrected chi connectivity index (χ3v) is 7.36. The lowest BCUT2D eigenvalue weighted by atomic mass is 9.96. The summed E-state index contributed by atoms with van der Waals surface area (Å²) in [6.45, 7) is 3.58. The molecule has 0 radical (unpaired) electrons. The first-order valence-electron chi connectivity index (χ1n) is 12.4. The summed E-state index contributed by atoms with van der Waals surface area (Å²) in [5, 5.41) is 0.863. The molecule has 0 bridgehead atoms. The minimum atomic E-state index is -0.173. The Balaban J connectivity index is 1.53. The molecule has 3 aromatic rings. The van der Waals surface area contributed by atoms with Gasteiger partial charge in [0.1, 0.15) is 0 Å². The zero-order valence-electron chi connectivity index (χ0n) is 22.3. The minimum absolute atomic E-state index is 0.141. The standard InChI is InChI=1S/C30H30Cl2N2O5/c1-19-6-5-7-20(14-19)23(21-8-9-24(31)25(32)15-21)18-28(35)33-10-12-34(13-11-33)30(36)22-16-26(37-2)29(39-4)27(17-22)38-3/h5-9,14-18H,10-13H2,1-4H3/b23-18-. The van der Waals surface area contributed by atoms with Crippen molar-refractivity contribution in [3.05, 3.63) is 93.0 Å². The van der Waals surface area contributed by atoms with Crippen LogP contribution in [0.4, 0.5) is 0 Å². The molecule has 0 aliphatic carbocycles. The van der Waals surface area contributed by atoms with Gasteiger partial charge in [-0.3, -0.25) is 9.59 Å². The average Bonchev–Trinajstić information content (AvgIpc) is 2.96. The molecule has 9 heteroatoms. The number of halogens is 2. The number of benzene rings is 3. The van der Waals surface area contributed by atoms with Crippen LogP contribution < -0.4 is 14.2 Å². The van der Waals surface area contributed by atoms with E-state index in [2.05, 4.69) is 0 Å². The van der Waals surface area contributed by atoms with Crippen molar-refractivity contribution in [3.63, 3.8) is 0 Å². The summed E-state index contributed by atoms with van der Waals surface area (Å²) in [6.07, 6.45) is 1.63. The fourth-order valence-electron chi connectivity index (χ4n) is 4.54. The van der Waals surface area contributed by atoms with Crippen molar-refractivity contribution < 1.29 is 23.8 Å². The maximum Gasteiger partial charge on any atom is 0.254 e.